The van der Waals surface area contributed by atoms with Gasteiger partial charge in [0, 0.05) is 30.9 Å². The fourth-order valence-corrected chi connectivity index (χ4v) is 5.79. The maximum atomic E-state index is 15.2. The number of imidazole rings is 1. The van der Waals surface area contributed by atoms with Gasteiger partial charge in [0.2, 0.25) is 5.95 Å². The number of rotatable bonds is 6. The quantitative estimate of drug-likeness (QED) is 0.407. The van der Waals surface area contributed by atoms with Gasteiger partial charge in [-0.05, 0) is 51.8 Å². The van der Waals surface area contributed by atoms with E-state index in [2.05, 4.69) is 50.6 Å². The highest BCUT2D eigenvalue weighted by molar-refractivity contribution is 5.88. The summed E-state index contributed by atoms with van der Waals surface area (Å²) in [4.78, 5) is 16.3. The summed E-state index contributed by atoms with van der Waals surface area (Å²) in [6, 6.07) is 5.72. The number of nitrogen functional groups attached to an aromatic ring is 1. The van der Waals surface area contributed by atoms with Gasteiger partial charge in [0.05, 0.1) is 30.5 Å². The number of nitrogens with zero attached hydrogens (tertiary/aromatic N) is 7. The fourth-order valence-electron chi connectivity index (χ4n) is 5.79. The molecule has 0 amide bonds. The molecule has 0 radical (unpaired) electrons. The average molecular weight is 508 g/mol. The Morgan fingerprint density at radius 1 is 1.22 bits per heavy atom. The SMILES string of the molecule is CCC1(N2CC[C@H](Nc3nc(N)c4c(-c5ccc6nc(C)n(C(C)C)c6n5)ccn4n3)[C@H](F)C2)COC1. The van der Waals surface area contributed by atoms with Gasteiger partial charge in [0.1, 0.15) is 23.0 Å². The molecule has 4 aromatic heterocycles. The molecule has 0 aliphatic carbocycles. The van der Waals surface area contributed by atoms with Crippen LogP contribution >= 0.6 is 0 Å². The fraction of sp³-hybridized carbons (Fsp3) is 0.538. The van der Waals surface area contributed by atoms with Gasteiger partial charge in [-0.15, -0.1) is 5.10 Å². The standard InChI is InChI=1S/C26H34FN9O/c1-5-26(13-37-14-26)34-10-9-20(18(27)12-34)31-25-32-23(28)22-17(8-11-35(22)33-25)19-6-7-21-24(30-19)36(15(2)3)16(4)29-21/h6-8,11,15,18,20H,5,9-10,12-14H2,1-4H3,(H3,28,31,32,33)/t18-,20+/m1/s1. The van der Waals surface area contributed by atoms with Crippen molar-refractivity contribution in [1.82, 2.24) is 34.0 Å². The van der Waals surface area contributed by atoms with Crippen LogP contribution in [-0.2, 0) is 4.74 Å². The van der Waals surface area contributed by atoms with E-state index < -0.39 is 6.17 Å². The summed E-state index contributed by atoms with van der Waals surface area (Å²) < 4.78 is 24.5. The number of hydrogen-bond donors (Lipinski definition) is 2. The summed E-state index contributed by atoms with van der Waals surface area (Å²) in [6.45, 7) is 10.9. The molecular weight excluding hydrogens is 473 g/mol. The number of nitrogens with one attached hydrogen (secondary N) is 1. The van der Waals surface area contributed by atoms with Crippen LogP contribution in [0.1, 0.15) is 45.5 Å². The number of likely N-dealkylation sites (tertiary alicyclic amines) is 1. The predicted octanol–water partition coefficient (Wildman–Crippen LogP) is 3.62. The van der Waals surface area contributed by atoms with Crippen LogP contribution in [0.4, 0.5) is 16.2 Å². The molecule has 0 bridgehead atoms. The zero-order valence-corrected chi connectivity index (χ0v) is 21.8. The molecule has 0 saturated carbocycles. The van der Waals surface area contributed by atoms with Crippen molar-refractivity contribution in [2.24, 2.45) is 0 Å². The van der Waals surface area contributed by atoms with Crippen molar-refractivity contribution in [3.63, 3.8) is 0 Å². The van der Waals surface area contributed by atoms with Crippen molar-refractivity contribution in [1.29, 1.82) is 0 Å². The third-order valence-corrected chi connectivity index (χ3v) is 7.97. The minimum Gasteiger partial charge on any atom is -0.382 e. The maximum absolute atomic E-state index is 15.2. The van der Waals surface area contributed by atoms with Gasteiger partial charge < -0.3 is 20.4 Å². The summed E-state index contributed by atoms with van der Waals surface area (Å²) in [6.07, 6.45) is 2.42. The molecule has 0 spiro atoms. The van der Waals surface area contributed by atoms with Gasteiger partial charge in [-0.3, -0.25) is 4.90 Å². The first-order valence-corrected chi connectivity index (χ1v) is 13.0. The number of ether oxygens (including phenoxy) is 1. The van der Waals surface area contributed by atoms with Crippen LogP contribution in [0.5, 0.6) is 0 Å². The lowest BCUT2D eigenvalue weighted by Gasteiger charge is -2.52. The summed E-state index contributed by atoms with van der Waals surface area (Å²) in [7, 11) is 0. The van der Waals surface area contributed by atoms with E-state index in [1.165, 1.54) is 0 Å². The topological polar surface area (TPSA) is 111 Å². The zero-order valence-electron chi connectivity index (χ0n) is 21.8. The van der Waals surface area contributed by atoms with Gasteiger partial charge >= 0.3 is 0 Å². The lowest BCUT2D eigenvalue weighted by Crippen LogP contribution is -2.66. The third kappa shape index (κ3) is 3.91. The number of alkyl halides is 1. The molecule has 6 heterocycles. The summed E-state index contributed by atoms with van der Waals surface area (Å²) in [5.74, 6) is 1.57. The van der Waals surface area contributed by atoms with Crippen LogP contribution in [0.15, 0.2) is 24.4 Å². The molecule has 4 aromatic rings. The number of pyridine rings is 1. The van der Waals surface area contributed by atoms with E-state index in [0.29, 0.717) is 43.5 Å². The molecule has 3 N–H and O–H groups in total. The third-order valence-electron chi connectivity index (χ3n) is 7.97. The highest BCUT2D eigenvalue weighted by Crippen LogP contribution is 2.33. The molecule has 10 nitrogen and oxygen atoms in total. The minimum absolute atomic E-state index is 0.0146. The van der Waals surface area contributed by atoms with Crippen LogP contribution in [0.2, 0.25) is 0 Å². The van der Waals surface area contributed by atoms with Crippen molar-refractivity contribution in [3.8, 4) is 11.3 Å². The minimum atomic E-state index is -1.04. The summed E-state index contributed by atoms with van der Waals surface area (Å²) >= 11 is 0. The molecular formula is C26H34FN9O. The van der Waals surface area contributed by atoms with Crippen molar-refractivity contribution in [2.75, 3.05) is 37.4 Å². The van der Waals surface area contributed by atoms with Gasteiger partial charge in [0.15, 0.2) is 11.5 Å². The molecule has 2 aliphatic heterocycles. The normalized spacial score (nSPS) is 22.1. The van der Waals surface area contributed by atoms with Crippen molar-refractivity contribution in [3.05, 3.63) is 30.2 Å². The Morgan fingerprint density at radius 3 is 2.70 bits per heavy atom. The second-order valence-electron chi connectivity index (χ2n) is 10.6. The smallest absolute Gasteiger partial charge is 0.243 e. The first-order chi connectivity index (χ1) is 17.8. The Morgan fingerprint density at radius 2 is 2.03 bits per heavy atom. The Bertz CT molecular complexity index is 1450. The first kappa shape index (κ1) is 24.1. The Balaban J connectivity index is 1.26. The highest BCUT2D eigenvalue weighted by atomic mass is 19.1. The summed E-state index contributed by atoms with van der Waals surface area (Å²) in [5.41, 5.74) is 10.4. The lowest BCUT2D eigenvalue weighted by molar-refractivity contribution is -0.153. The van der Waals surface area contributed by atoms with E-state index in [1.807, 2.05) is 31.3 Å². The molecule has 0 unspecified atom stereocenters. The molecule has 11 heteroatoms. The molecule has 37 heavy (non-hydrogen) atoms. The van der Waals surface area contributed by atoms with Gasteiger partial charge in [-0.1, -0.05) is 6.92 Å². The number of piperidine rings is 1. The van der Waals surface area contributed by atoms with Crippen LogP contribution < -0.4 is 11.1 Å². The Kier molecular flexibility index (Phi) is 5.79. The van der Waals surface area contributed by atoms with Crippen LogP contribution in [0, 0.1) is 6.92 Å². The molecule has 196 valence electrons. The molecule has 6 rings (SSSR count). The molecule has 2 atom stereocenters. The maximum Gasteiger partial charge on any atom is 0.243 e. The van der Waals surface area contributed by atoms with Crippen LogP contribution in [0.3, 0.4) is 0 Å². The molecule has 2 aliphatic rings. The van der Waals surface area contributed by atoms with Crippen LogP contribution in [0.25, 0.3) is 27.9 Å². The summed E-state index contributed by atoms with van der Waals surface area (Å²) in [5, 5.41) is 7.81. The number of fused-ring (bicyclic) bond motifs is 2. The van der Waals surface area contributed by atoms with Crippen molar-refractivity contribution < 1.29 is 9.13 Å². The molecule has 2 saturated heterocycles. The van der Waals surface area contributed by atoms with Gasteiger partial charge in [-0.25, -0.2) is 18.9 Å². The van der Waals surface area contributed by atoms with Gasteiger partial charge in [-0.2, -0.15) is 4.98 Å². The van der Waals surface area contributed by atoms with E-state index in [0.717, 1.165) is 41.2 Å². The Hall–Kier alpha value is -3.31. The number of nitrogens with two attached hydrogens (primary N) is 1. The van der Waals surface area contributed by atoms with E-state index in [1.54, 1.807) is 4.52 Å². The number of aromatic nitrogens is 6. The predicted molar refractivity (Wildman–Crippen MR) is 141 cm³/mol. The number of anilines is 2. The van der Waals surface area contributed by atoms with Crippen molar-refractivity contribution >= 4 is 28.4 Å². The second kappa shape index (κ2) is 8.91. The number of aryl methyl sites for hydroxylation is 1. The zero-order chi connectivity index (χ0) is 25.9. The second-order valence-corrected chi connectivity index (χ2v) is 10.6. The molecule has 2 fully saturated rings. The Labute approximate surface area is 215 Å². The molecule has 0 aromatic carbocycles. The lowest BCUT2D eigenvalue weighted by atomic mass is 9.88. The average Bonchev–Trinajstić information content (AvgIpc) is 3.40. The number of hydrogen-bond acceptors (Lipinski definition) is 8. The largest absolute Gasteiger partial charge is 0.382 e. The first-order valence-electron chi connectivity index (χ1n) is 13.0. The van der Waals surface area contributed by atoms with E-state index in [4.69, 9.17) is 15.5 Å². The van der Waals surface area contributed by atoms with Gasteiger partial charge in [0.25, 0.3) is 0 Å². The highest BCUT2D eigenvalue weighted by Gasteiger charge is 2.46. The van der Waals surface area contributed by atoms with Crippen LogP contribution in [-0.4, -0.2) is 78.1 Å². The van der Waals surface area contributed by atoms with E-state index in [-0.39, 0.29) is 17.6 Å². The van der Waals surface area contributed by atoms with E-state index in [9.17, 15) is 0 Å². The number of halogens is 1. The monoisotopic (exact) mass is 507 g/mol. The van der Waals surface area contributed by atoms with E-state index >= 15 is 4.39 Å². The van der Waals surface area contributed by atoms with Crippen molar-refractivity contribution in [2.45, 2.75) is 64.3 Å².